The van der Waals surface area contributed by atoms with Crippen molar-refractivity contribution in [1.82, 2.24) is 15.0 Å². The Kier molecular flexibility index (Phi) is 11.4. The lowest BCUT2D eigenvalue weighted by Gasteiger charge is -2.22. The molecule has 0 saturated carbocycles. The number of thiophene rings is 1. The summed E-state index contributed by atoms with van der Waals surface area (Å²) in [6.45, 7) is 10.5. The first kappa shape index (κ1) is 29.0. The molecule has 0 fully saturated rings. The number of benzene rings is 1. The Labute approximate surface area is 230 Å². The topological polar surface area (TPSA) is 81.6 Å². The van der Waals surface area contributed by atoms with Crippen LogP contribution in [-0.4, -0.2) is 48.9 Å². The third-order valence-electron chi connectivity index (χ3n) is 5.82. The van der Waals surface area contributed by atoms with Gasteiger partial charge in [0.25, 0.3) is 0 Å². The molecule has 3 aromatic rings. The summed E-state index contributed by atoms with van der Waals surface area (Å²) in [7, 11) is 3.26. The maximum atomic E-state index is 6.06. The Hall–Kier alpha value is -3.59. The van der Waals surface area contributed by atoms with Gasteiger partial charge in [0.2, 0.25) is 11.9 Å². The van der Waals surface area contributed by atoms with Gasteiger partial charge in [0.15, 0.2) is 11.5 Å². The summed E-state index contributed by atoms with van der Waals surface area (Å²) in [6.07, 6.45) is 8.88. The Morgan fingerprint density at radius 3 is 2.42 bits per heavy atom. The lowest BCUT2D eigenvalue weighted by molar-refractivity contribution is 0.295. The zero-order valence-corrected chi connectivity index (χ0v) is 24.1. The van der Waals surface area contributed by atoms with Crippen LogP contribution in [0.4, 0.5) is 17.6 Å². The summed E-state index contributed by atoms with van der Waals surface area (Å²) in [6, 6.07) is 6.16. The fourth-order valence-corrected chi connectivity index (χ4v) is 4.80. The predicted molar refractivity (Wildman–Crippen MR) is 157 cm³/mol. The van der Waals surface area contributed by atoms with Crippen molar-refractivity contribution in [2.24, 2.45) is 0 Å². The van der Waals surface area contributed by atoms with E-state index >= 15 is 0 Å². The summed E-state index contributed by atoms with van der Waals surface area (Å²) >= 11 is 1.63. The van der Waals surface area contributed by atoms with E-state index in [1.54, 1.807) is 25.6 Å². The van der Waals surface area contributed by atoms with Crippen LogP contribution in [0.3, 0.4) is 0 Å². The van der Waals surface area contributed by atoms with Crippen molar-refractivity contribution in [3.8, 4) is 17.5 Å². The number of rotatable bonds is 15. The molecule has 1 N–H and O–H groups in total. The molecular weight excluding hydrogens is 498 g/mol. The number of hydrogen-bond acceptors (Lipinski definition) is 9. The van der Waals surface area contributed by atoms with Crippen molar-refractivity contribution < 1.29 is 14.2 Å². The zero-order valence-electron chi connectivity index (χ0n) is 23.3. The smallest absolute Gasteiger partial charge is 0.323 e. The number of nitrogens with one attached hydrogen (secondary N) is 1. The fraction of sp³-hybridized carbons (Fsp3) is 0.414. The molecule has 0 saturated heterocycles. The van der Waals surface area contributed by atoms with Gasteiger partial charge in [-0.1, -0.05) is 38.1 Å². The monoisotopic (exact) mass is 537 g/mol. The fourth-order valence-electron chi connectivity index (χ4n) is 4.01. The molecule has 1 aromatic carbocycles. The van der Waals surface area contributed by atoms with Gasteiger partial charge in [-0.15, -0.1) is 11.3 Å². The van der Waals surface area contributed by atoms with Crippen LogP contribution in [0.15, 0.2) is 47.2 Å². The molecule has 38 heavy (non-hydrogen) atoms. The van der Waals surface area contributed by atoms with Gasteiger partial charge in [-0.2, -0.15) is 15.0 Å². The molecule has 0 bridgehead atoms. The van der Waals surface area contributed by atoms with E-state index in [2.05, 4.69) is 56.9 Å². The quantitative estimate of drug-likeness (QED) is 0.209. The van der Waals surface area contributed by atoms with E-state index in [-0.39, 0.29) is 0 Å². The normalized spacial score (nSPS) is 11.6. The largest absolute Gasteiger partial charge is 0.493 e. The third kappa shape index (κ3) is 7.71. The van der Waals surface area contributed by atoms with Gasteiger partial charge in [-0.05, 0) is 50.0 Å². The van der Waals surface area contributed by atoms with Gasteiger partial charge in [0.1, 0.15) is 0 Å². The molecule has 0 aliphatic rings. The van der Waals surface area contributed by atoms with E-state index < -0.39 is 0 Å². The molecule has 8 nitrogen and oxygen atoms in total. The van der Waals surface area contributed by atoms with Crippen LogP contribution >= 0.6 is 11.3 Å². The molecule has 0 atom stereocenters. The van der Waals surface area contributed by atoms with E-state index in [1.807, 2.05) is 38.1 Å². The first-order valence-electron chi connectivity index (χ1n) is 13.0. The van der Waals surface area contributed by atoms with Crippen molar-refractivity contribution in [2.75, 3.05) is 44.1 Å². The number of hydrogen-bond donors (Lipinski definition) is 1. The molecule has 0 amide bonds. The maximum Gasteiger partial charge on any atom is 0.323 e. The van der Waals surface area contributed by atoms with E-state index in [9.17, 15) is 0 Å². The molecule has 0 unspecified atom stereocenters. The minimum atomic E-state index is 0.298. The second kappa shape index (κ2) is 15.0. The number of anilines is 3. The van der Waals surface area contributed by atoms with E-state index in [1.165, 1.54) is 0 Å². The molecule has 204 valence electrons. The molecular formula is C29H39N5O3S. The van der Waals surface area contributed by atoms with Crippen molar-refractivity contribution in [3.63, 3.8) is 0 Å². The highest BCUT2D eigenvalue weighted by molar-refractivity contribution is 7.08. The summed E-state index contributed by atoms with van der Waals surface area (Å²) in [4.78, 5) is 16.2. The Bertz CT molecular complexity index is 1220. The molecule has 2 aromatic heterocycles. The van der Waals surface area contributed by atoms with Crippen molar-refractivity contribution in [1.29, 1.82) is 0 Å². The van der Waals surface area contributed by atoms with Crippen molar-refractivity contribution >= 4 is 34.5 Å². The number of methoxy groups -OCH3 is 2. The van der Waals surface area contributed by atoms with Crippen LogP contribution in [0.2, 0.25) is 0 Å². The summed E-state index contributed by atoms with van der Waals surface area (Å²) in [5, 5.41) is 7.61. The predicted octanol–water partition coefficient (Wildman–Crippen LogP) is 6.92. The van der Waals surface area contributed by atoms with E-state index in [0.717, 1.165) is 48.3 Å². The minimum Gasteiger partial charge on any atom is -0.493 e. The van der Waals surface area contributed by atoms with Crippen LogP contribution in [0, 0.1) is 0 Å². The second-order valence-electron chi connectivity index (χ2n) is 8.58. The maximum absolute atomic E-state index is 6.06. The summed E-state index contributed by atoms with van der Waals surface area (Å²) in [5.74, 6) is 2.47. The lowest BCUT2D eigenvalue weighted by Crippen LogP contribution is -2.27. The van der Waals surface area contributed by atoms with Gasteiger partial charge in [-0.25, -0.2) is 0 Å². The van der Waals surface area contributed by atoms with E-state index in [4.69, 9.17) is 19.2 Å². The van der Waals surface area contributed by atoms with Crippen molar-refractivity contribution in [3.05, 3.63) is 58.3 Å². The van der Waals surface area contributed by atoms with Crippen LogP contribution in [0.25, 0.3) is 5.57 Å². The van der Waals surface area contributed by atoms with Crippen LogP contribution < -0.4 is 24.4 Å². The van der Waals surface area contributed by atoms with Gasteiger partial charge >= 0.3 is 6.01 Å². The summed E-state index contributed by atoms with van der Waals surface area (Å²) in [5.41, 5.74) is 4.26. The zero-order chi connectivity index (χ0) is 27.3. The Morgan fingerprint density at radius 1 is 1.00 bits per heavy atom. The first-order chi connectivity index (χ1) is 18.6. The number of ether oxygens (including phenoxy) is 3. The molecule has 2 heterocycles. The van der Waals surface area contributed by atoms with Crippen LogP contribution in [-0.2, 0) is 6.42 Å². The molecule has 9 heteroatoms. The van der Waals surface area contributed by atoms with Gasteiger partial charge in [0, 0.05) is 35.8 Å². The van der Waals surface area contributed by atoms with Crippen LogP contribution in [0.5, 0.6) is 17.5 Å². The van der Waals surface area contributed by atoms with Gasteiger partial charge in [0.05, 0.1) is 26.5 Å². The SMILES string of the molecule is C/C=C\C(=C/C)c1cscc1Nc1nc(OCCc2ccc(OC)c(OC)c2)nc(N(CCC)CCC)n1. The average molecular weight is 538 g/mol. The first-order valence-corrected chi connectivity index (χ1v) is 14.0. The summed E-state index contributed by atoms with van der Waals surface area (Å²) < 4.78 is 16.8. The second-order valence-corrected chi connectivity index (χ2v) is 9.33. The number of aromatic nitrogens is 3. The highest BCUT2D eigenvalue weighted by Crippen LogP contribution is 2.31. The highest BCUT2D eigenvalue weighted by Gasteiger charge is 2.16. The van der Waals surface area contributed by atoms with Gasteiger partial charge < -0.3 is 24.4 Å². The molecule has 0 radical (unpaired) electrons. The van der Waals surface area contributed by atoms with Crippen molar-refractivity contribution in [2.45, 2.75) is 47.0 Å². The van der Waals surface area contributed by atoms with Gasteiger partial charge in [-0.3, -0.25) is 0 Å². The Morgan fingerprint density at radius 2 is 1.76 bits per heavy atom. The number of allylic oxidation sites excluding steroid dienone is 4. The lowest BCUT2D eigenvalue weighted by atomic mass is 10.1. The highest BCUT2D eigenvalue weighted by atomic mass is 32.1. The molecule has 0 spiro atoms. The molecule has 0 aliphatic carbocycles. The standard InChI is InChI=1S/C29H39N5O3S/c1-7-11-22(10-4)23-19-38-20-24(23)30-27-31-28(34(15-8-2)16-9-3)33-29(32-27)37-17-14-21-12-13-25(35-5)26(18-21)36-6/h7,10-13,18-20H,8-9,14-17H2,1-6H3,(H,30,31,32,33)/b11-7-,22-10+. The van der Waals surface area contributed by atoms with Crippen LogP contribution in [0.1, 0.15) is 51.7 Å². The average Bonchev–Trinajstić information content (AvgIpc) is 3.39. The third-order valence-corrected chi connectivity index (χ3v) is 6.56. The molecule has 0 aliphatic heterocycles. The van der Waals surface area contributed by atoms with E-state index in [0.29, 0.717) is 42.4 Å². The molecule has 3 rings (SSSR count). The Balaban J connectivity index is 1.86. The number of nitrogens with zero attached hydrogens (tertiary/aromatic N) is 4. The minimum absolute atomic E-state index is 0.298.